The van der Waals surface area contributed by atoms with E-state index < -0.39 is 5.60 Å². The van der Waals surface area contributed by atoms with Gasteiger partial charge in [-0.15, -0.1) is 12.4 Å². The minimum atomic E-state index is -0.574. The summed E-state index contributed by atoms with van der Waals surface area (Å²) in [4.78, 5) is 14.0. The summed E-state index contributed by atoms with van der Waals surface area (Å²) in [6.07, 6.45) is 2.53. The Morgan fingerprint density at radius 2 is 2.00 bits per heavy atom. The highest BCUT2D eigenvalue weighted by Gasteiger charge is 2.41. The molecule has 0 aromatic carbocycles. The van der Waals surface area contributed by atoms with Gasteiger partial charge in [-0.05, 0) is 32.4 Å². The summed E-state index contributed by atoms with van der Waals surface area (Å²) in [6, 6.07) is 0. The maximum Gasteiger partial charge on any atom is 0.254 e. The first-order valence-electron chi connectivity index (χ1n) is 5.67. The Morgan fingerprint density at radius 3 is 2.44 bits per heavy atom. The summed E-state index contributed by atoms with van der Waals surface area (Å²) in [5.74, 6) is 0.133. The Labute approximate surface area is 104 Å². The number of ether oxygens (including phenoxy) is 1. The van der Waals surface area contributed by atoms with Gasteiger partial charge < -0.3 is 15.0 Å². The van der Waals surface area contributed by atoms with Crippen molar-refractivity contribution < 1.29 is 9.53 Å². The maximum atomic E-state index is 12.2. The van der Waals surface area contributed by atoms with Crippen molar-refractivity contribution in [3.8, 4) is 0 Å². The van der Waals surface area contributed by atoms with Crippen LogP contribution in [0.15, 0.2) is 0 Å². The zero-order valence-corrected chi connectivity index (χ0v) is 11.2. The van der Waals surface area contributed by atoms with Crippen LogP contribution >= 0.6 is 12.4 Å². The van der Waals surface area contributed by atoms with Crippen LogP contribution in [0.25, 0.3) is 0 Å². The van der Waals surface area contributed by atoms with Crippen molar-refractivity contribution in [2.24, 2.45) is 0 Å². The van der Waals surface area contributed by atoms with Crippen molar-refractivity contribution >= 4 is 18.3 Å². The minimum absolute atomic E-state index is 0. The number of hydrogen-bond acceptors (Lipinski definition) is 3. The van der Waals surface area contributed by atoms with Gasteiger partial charge in [0.25, 0.3) is 5.91 Å². The van der Waals surface area contributed by atoms with Crippen LogP contribution in [-0.4, -0.2) is 50.2 Å². The molecule has 4 nitrogen and oxygen atoms in total. The fourth-order valence-corrected chi connectivity index (χ4v) is 2.12. The zero-order valence-electron chi connectivity index (χ0n) is 10.4. The van der Waals surface area contributed by atoms with Gasteiger partial charge in [0.05, 0.1) is 0 Å². The van der Waals surface area contributed by atoms with Gasteiger partial charge >= 0.3 is 0 Å². The smallest absolute Gasteiger partial charge is 0.254 e. The quantitative estimate of drug-likeness (QED) is 0.811. The molecule has 1 aliphatic rings. The topological polar surface area (TPSA) is 41.6 Å². The van der Waals surface area contributed by atoms with Crippen LogP contribution in [0.4, 0.5) is 0 Å². The molecule has 0 unspecified atom stereocenters. The highest BCUT2D eigenvalue weighted by molar-refractivity contribution is 5.85. The molecule has 0 aliphatic carbocycles. The average molecular weight is 251 g/mol. The van der Waals surface area contributed by atoms with Gasteiger partial charge in [-0.25, -0.2) is 0 Å². The molecule has 0 saturated carbocycles. The molecule has 0 bridgehead atoms. The molecule has 96 valence electrons. The van der Waals surface area contributed by atoms with E-state index in [4.69, 9.17) is 4.74 Å². The number of carbonyl (C=O) groups is 1. The third-order valence-electron chi connectivity index (χ3n) is 3.10. The average Bonchev–Trinajstić information content (AvgIpc) is 2.29. The Balaban J connectivity index is 0.00000225. The lowest BCUT2D eigenvalue weighted by Gasteiger charge is -2.37. The van der Waals surface area contributed by atoms with E-state index in [-0.39, 0.29) is 18.3 Å². The molecule has 1 amide bonds. The van der Waals surface area contributed by atoms with Gasteiger partial charge in [-0.1, -0.05) is 6.92 Å². The van der Waals surface area contributed by atoms with Gasteiger partial charge in [0.2, 0.25) is 0 Å². The summed E-state index contributed by atoms with van der Waals surface area (Å²) in [6.45, 7) is 4.60. The number of hydrogen-bond donors (Lipinski definition) is 1. The summed E-state index contributed by atoms with van der Waals surface area (Å²) in [7, 11) is 3.50. The Hall–Kier alpha value is -0.320. The molecule has 16 heavy (non-hydrogen) atoms. The van der Waals surface area contributed by atoms with Gasteiger partial charge in [0.1, 0.15) is 5.60 Å². The predicted molar refractivity (Wildman–Crippen MR) is 67.0 cm³/mol. The molecule has 0 radical (unpaired) electrons. The Morgan fingerprint density at radius 1 is 1.44 bits per heavy atom. The molecular weight excluding hydrogens is 228 g/mol. The van der Waals surface area contributed by atoms with Gasteiger partial charge in [-0.2, -0.15) is 0 Å². The van der Waals surface area contributed by atoms with E-state index >= 15 is 0 Å². The normalized spacial score (nSPS) is 18.7. The zero-order chi connectivity index (χ0) is 11.3. The van der Waals surface area contributed by atoms with Crippen molar-refractivity contribution in [2.75, 3.05) is 33.8 Å². The van der Waals surface area contributed by atoms with Crippen molar-refractivity contribution in [3.05, 3.63) is 0 Å². The van der Waals surface area contributed by atoms with Crippen LogP contribution in [0.5, 0.6) is 0 Å². The third kappa shape index (κ3) is 3.34. The number of piperidine rings is 1. The highest BCUT2D eigenvalue weighted by atomic mass is 35.5. The molecule has 1 saturated heterocycles. The number of likely N-dealkylation sites (N-methyl/N-ethyl adjacent to an activating group) is 1. The monoisotopic (exact) mass is 250 g/mol. The second-order valence-corrected chi connectivity index (χ2v) is 4.18. The summed E-state index contributed by atoms with van der Waals surface area (Å²) >= 11 is 0. The summed E-state index contributed by atoms with van der Waals surface area (Å²) in [5.41, 5.74) is -0.574. The predicted octanol–water partition coefficient (Wildman–Crippen LogP) is 1.05. The van der Waals surface area contributed by atoms with Crippen LogP contribution in [0.3, 0.4) is 0 Å². The van der Waals surface area contributed by atoms with Crippen molar-refractivity contribution in [1.82, 2.24) is 10.2 Å². The van der Waals surface area contributed by atoms with Crippen LogP contribution in [-0.2, 0) is 9.53 Å². The Kier molecular flexibility index (Phi) is 6.95. The van der Waals surface area contributed by atoms with Crippen LogP contribution in [0.2, 0.25) is 0 Å². The molecule has 0 atom stereocenters. The lowest BCUT2D eigenvalue weighted by atomic mass is 9.90. The standard InChI is InChI=1S/C11H22N2O2.ClH/c1-4-9-13(2)10(14)11(15-3)5-7-12-8-6-11;/h12H,4-9H2,1-3H3;1H. The number of amides is 1. The second-order valence-electron chi connectivity index (χ2n) is 4.18. The van der Waals surface area contributed by atoms with E-state index in [0.717, 1.165) is 38.9 Å². The van der Waals surface area contributed by atoms with E-state index in [1.165, 1.54) is 0 Å². The second kappa shape index (κ2) is 7.09. The van der Waals surface area contributed by atoms with Crippen LogP contribution < -0.4 is 5.32 Å². The molecule has 0 aromatic heterocycles. The Bertz CT molecular complexity index is 218. The molecule has 0 spiro atoms. The van der Waals surface area contributed by atoms with Crippen molar-refractivity contribution in [1.29, 1.82) is 0 Å². The van der Waals surface area contributed by atoms with E-state index in [0.29, 0.717) is 0 Å². The molecule has 1 fully saturated rings. The molecular formula is C11H23ClN2O2. The lowest BCUT2D eigenvalue weighted by molar-refractivity contribution is -0.156. The largest absolute Gasteiger partial charge is 0.368 e. The number of carbonyl (C=O) groups excluding carboxylic acids is 1. The summed E-state index contributed by atoms with van der Waals surface area (Å²) in [5, 5.41) is 3.25. The highest BCUT2D eigenvalue weighted by Crippen LogP contribution is 2.24. The lowest BCUT2D eigenvalue weighted by Crippen LogP contribution is -2.54. The van der Waals surface area contributed by atoms with Crippen LogP contribution in [0.1, 0.15) is 26.2 Å². The summed E-state index contributed by atoms with van der Waals surface area (Å²) < 4.78 is 5.48. The fraction of sp³-hybridized carbons (Fsp3) is 0.909. The number of nitrogens with one attached hydrogen (secondary N) is 1. The van der Waals surface area contributed by atoms with Crippen LogP contribution in [0, 0.1) is 0 Å². The maximum absolute atomic E-state index is 12.2. The molecule has 1 rings (SSSR count). The van der Waals surface area contributed by atoms with E-state index in [2.05, 4.69) is 12.2 Å². The molecule has 1 aliphatic heterocycles. The number of nitrogens with zero attached hydrogens (tertiary/aromatic N) is 1. The van der Waals surface area contributed by atoms with Crippen molar-refractivity contribution in [3.63, 3.8) is 0 Å². The van der Waals surface area contributed by atoms with E-state index in [1.54, 1.807) is 12.0 Å². The SMILES string of the molecule is CCCN(C)C(=O)C1(OC)CCNCC1.Cl. The van der Waals surface area contributed by atoms with E-state index in [9.17, 15) is 4.79 Å². The number of rotatable bonds is 4. The van der Waals surface area contributed by atoms with Gasteiger partial charge in [0.15, 0.2) is 0 Å². The first-order valence-corrected chi connectivity index (χ1v) is 5.67. The van der Waals surface area contributed by atoms with Gasteiger partial charge in [-0.3, -0.25) is 4.79 Å². The van der Waals surface area contributed by atoms with Crippen molar-refractivity contribution in [2.45, 2.75) is 31.8 Å². The fourth-order valence-electron chi connectivity index (χ4n) is 2.12. The molecule has 1 heterocycles. The third-order valence-corrected chi connectivity index (χ3v) is 3.10. The first-order chi connectivity index (χ1) is 7.16. The van der Waals surface area contributed by atoms with Gasteiger partial charge in [0, 0.05) is 20.7 Å². The number of methoxy groups -OCH3 is 1. The minimum Gasteiger partial charge on any atom is -0.368 e. The number of halogens is 1. The molecule has 5 heteroatoms. The molecule has 0 aromatic rings. The van der Waals surface area contributed by atoms with E-state index in [1.807, 2.05) is 7.05 Å². The molecule has 1 N–H and O–H groups in total. The first kappa shape index (κ1) is 15.7.